The largest absolute Gasteiger partial charge is 0.265 e. The molecule has 2 aromatic carbocycles. The van der Waals surface area contributed by atoms with Crippen molar-refractivity contribution in [2.24, 2.45) is 0 Å². The molecular formula is C17H19NO2S2. The van der Waals surface area contributed by atoms with E-state index in [9.17, 15) is 8.42 Å². The van der Waals surface area contributed by atoms with Crippen LogP contribution in [0.4, 0.5) is 5.69 Å². The van der Waals surface area contributed by atoms with Gasteiger partial charge in [-0.1, -0.05) is 18.2 Å². The van der Waals surface area contributed by atoms with E-state index in [0.717, 1.165) is 33.9 Å². The Morgan fingerprint density at radius 3 is 2.59 bits per heavy atom. The molecule has 2 aromatic rings. The lowest BCUT2D eigenvalue weighted by Gasteiger charge is -2.24. The van der Waals surface area contributed by atoms with Crippen LogP contribution in [-0.4, -0.2) is 20.7 Å². The van der Waals surface area contributed by atoms with Gasteiger partial charge in [0.25, 0.3) is 10.0 Å². The molecular weight excluding hydrogens is 314 g/mol. The molecule has 3 nitrogen and oxygen atoms in total. The lowest BCUT2D eigenvalue weighted by Crippen LogP contribution is -2.32. The topological polar surface area (TPSA) is 37.4 Å². The van der Waals surface area contributed by atoms with E-state index in [1.807, 2.05) is 44.2 Å². The normalized spacial score (nSPS) is 15.3. The van der Waals surface area contributed by atoms with Crippen molar-refractivity contribution in [1.29, 1.82) is 0 Å². The highest BCUT2D eigenvalue weighted by molar-refractivity contribution is 7.99. The van der Waals surface area contributed by atoms with Crippen LogP contribution in [0.15, 0.2) is 52.3 Å². The highest BCUT2D eigenvalue weighted by Gasteiger charge is 2.28. The smallest absolute Gasteiger partial charge is 0.264 e. The Bertz CT molecular complexity index is 800. The van der Waals surface area contributed by atoms with E-state index in [1.165, 1.54) is 0 Å². The third-order valence-electron chi connectivity index (χ3n) is 3.96. The predicted octanol–water partition coefficient (Wildman–Crippen LogP) is 3.99. The number of rotatable bonds is 2. The average Bonchev–Trinajstić information content (AvgIpc) is 2.72. The molecule has 3 rings (SSSR count). The Labute approximate surface area is 136 Å². The molecule has 0 unspecified atom stereocenters. The fraction of sp³-hybridized carbons (Fsp3) is 0.294. The second kappa shape index (κ2) is 5.97. The van der Waals surface area contributed by atoms with Crippen LogP contribution in [0, 0.1) is 13.8 Å². The van der Waals surface area contributed by atoms with Crippen molar-refractivity contribution >= 4 is 27.5 Å². The molecule has 0 radical (unpaired) electrons. The summed E-state index contributed by atoms with van der Waals surface area (Å²) in [5, 5.41) is 0. The summed E-state index contributed by atoms with van der Waals surface area (Å²) >= 11 is 1.72. The number of nitrogens with zero attached hydrogens (tertiary/aromatic N) is 1. The fourth-order valence-electron chi connectivity index (χ4n) is 2.55. The van der Waals surface area contributed by atoms with Gasteiger partial charge in [0.15, 0.2) is 0 Å². The van der Waals surface area contributed by atoms with Gasteiger partial charge in [-0.3, -0.25) is 4.31 Å². The Morgan fingerprint density at radius 1 is 1.05 bits per heavy atom. The van der Waals surface area contributed by atoms with E-state index in [2.05, 4.69) is 0 Å². The van der Waals surface area contributed by atoms with Gasteiger partial charge < -0.3 is 0 Å². The molecule has 0 saturated carbocycles. The number of hydrogen-bond donors (Lipinski definition) is 0. The van der Waals surface area contributed by atoms with E-state index in [-0.39, 0.29) is 0 Å². The van der Waals surface area contributed by atoms with Gasteiger partial charge >= 0.3 is 0 Å². The first-order chi connectivity index (χ1) is 10.5. The minimum atomic E-state index is -3.52. The predicted molar refractivity (Wildman–Crippen MR) is 92.2 cm³/mol. The zero-order chi connectivity index (χ0) is 15.7. The molecule has 1 aliphatic rings. The molecule has 0 bridgehead atoms. The molecule has 0 N–H and O–H groups in total. The molecule has 22 heavy (non-hydrogen) atoms. The van der Waals surface area contributed by atoms with Crippen LogP contribution < -0.4 is 4.31 Å². The first-order valence-electron chi connectivity index (χ1n) is 7.32. The zero-order valence-electron chi connectivity index (χ0n) is 12.7. The zero-order valence-corrected chi connectivity index (χ0v) is 14.4. The molecule has 1 heterocycles. The van der Waals surface area contributed by atoms with E-state index in [1.54, 1.807) is 28.2 Å². The third-order valence-corrected chi connectivity index (χ3v) is 6.92. The Kier molecular flexibility index (Phi) is 4.19. The number of fused-ring (bicyclic) bond motifs is 1. The summed E-state index contributed by atoms with van der Waals surface area (Å²) in [6, 6.07) is 13.1. The molecule has 0 aromatic heterocycles. The van der Waals surface area contributed by atoms with Crippen molar-refractivity contribution in [3.63, 3.8) is 0 Å². The minimum absolute atomic E-state index is 0.373. The summed E-state index contributed by atoms with van der Waals surface area (Å²) in [5.41, 5.74) is 2.90. The van der Waals surface area contributed by atoms with Crippen molar-refractivity contribution in [3.8, 4) is 0 Å². The summed E-state index contributed by atoms with van der Waals surface area (Å²) in [6.07, 6.45) is 0.851. The van der Waals surface area contributed by atoms with Crippen LogP contribution in [0.25, 0.3) is 0 Å². The summed E-state index contributed by atoms with van der Waals surface area (Å²) in [7, 11) is -3.52. The van der Waals surface area contributed by atoms with Gasteiger partial charge in [-0.2, -0.15) is 0 Å². The van der Waals surface area contributed by atoms with Crippen LogP contribution in [0.1, 0.15) is 17.5 Å². The number of aryl methyl sites for hydroxylation is 2. The van der Waals surface area contributed by atoms with Crippen molar-refractivity contribution < 1.29 is 8.42 Å². The number of para-hydroxylation sites is 1. The van der Waals surface area contributed by atoms with Crippen LogP contribution >= 0.6 is 11.8 Å². The molecule has 1 aliphatic heterocycles. The third kappa shape index (κ3) is 2.75. The number of hydrogen-bond acceptors (Lipinski definition) is 3. The van der Waals surface area contributed by atoms with Crippen LogP contribution in [0.3, 0.4) is 0 Å². The Hall–Kier alpha value is -1.46. The first-order valence-corrected chi connectivity index (χ1v) is 9.74. The van der Waals surface area contributed by atoms with Gasteiger partial charge in [-0.25, -0.2) is 8.42 Å². The molecule has 116 valence electrons. The van der Waals surface area contributed by atoms with E-state index < -0.39 is 10.0 Å². The summed E-state index contributed by atoms with van der Waals surface area (Å²) in [4.78, 5) is 1.41. The molecule has 0 amide bonds. The van der Waals surface area contributed by atoms with Gasteiger partial charge in [0.1, 0.15) is 0 Å². The second-order valence-electron chi connectivity index (χ2n) is 5.49. The lowest BCUT2D eigenvalue weighted by molar-refractivity contribution is 0.590. The second-order valence-corrected chi connectivity index (χ2v) is 8.49. The number of benzene rings is 2. The van der Waals surface area contributed by atoms with E-state index in [4.69, 9.17) is 0 Å². The maximum atomic E-state index is 13.1. The van der Waals surface area contributed by atoms with Crippen LogP contribution in [-0.2, 0) is 10.0 Å². The Balaban J connectivity index is 2.10. The first kappa shape index (κ1) is 15.4. The number of anilines is 1. The number of sulfonamides is 1. The molecule has 0 saturated heterocycles. The van der Waals surface area contributed by atoms with Crippen molar-refractivity contribution in [2.75, 3.05) is 16.6 Å². The Morgan fingerprint density at radius 2 is 1.82 bits per heavy atom. The van der Waals surface area contributed by atoms with Crippen LogP contribution in [0.5, 0.6) is 0 Å². The van der Waals surface area contributed by atoms with Gasteiger partial charge in [0.05, 0.1) is 10.6 Å². The van der Waals surface area contributed by atoms with Gasteiger partial charge in [0.2, 0.25) is 0 Å². The van der Waals surface area contributed by atoms with Gasteiger partial charge in [-0.05, 0) is 61.4 Å². The fourth-order valence-corrected chi connectivity index (χ4v) is 5.21. The van der Waals surface area contributed by atoms with Gasteiger partial charge in [0, 0.05) is 11.4 Å². The van der Waals surface area contributed by atoms with E-state index >= 15 is 0 Å². The molecule has 0 atom stereocenters. The minimum Gasteiger partial charge on any atom is -0.265 e. The quantitative estimate of drug-likeness (QED) is 0.834. The highest BCUT2D eigenvalue weighted by Crippen LogP contribution is 2.36. The summed E-state index contributed by atoms with van der Waals surface area (Å²) < 4.78 is 27.7. The highest BCUT2D eigenvalue weighted by atomic mass is 32.2. The van der Waals surface area contributed by atoms with Crippen molar-refractivity contribution in [3.05, 3.63) is 53.6 Å². The van der Waals surface area contributed by atoms with Crippen LogP contribution in [0.2, 0.25) is 0 Å². The SMILES string of the molecule is Cc1ccc(S(=O)(=O)N2CCCSc3ccccc32)cc1C. The summed E-state index contributed by atoms with van der Waals surface area (Å²) in [5.74, 6) is 0.940. The van der Waals surface area contributed by atoms with Gasteiger partial charge in [-0.15, -0.1) is 11.8 Å². The summed E-state index contributed by atoms with van der Waals surface area (Å²) in [6.45, 7) is 4.46. The maximum absolute atomic E-state index is 13.1. The van der Waals surface area contributed by atoms with Crippen molar-refractivity contribution in [2.45, 2.75) is 30.1 Å². The van der Waals surface area contributed by atoms with E-state index in [0.29, 0.717) is 11.4 Å². The molecule has 0 spiro atoms. The maximum Gasteiger partial charge on any atom is 0.264 e. The standard InChI is InChI=1S/C17H19NO2S2/c1-13-8-9-15(12-14(13)2)22(19,20)18-10-5-11-21-17-7-4-3-6-16(17)18/h3-4,6-9,12H,5,10-11H2,1-2H3. The number of thioether (sulfide) groups is 1. The van der Waals surface area contributed by atoms with Crippen molar-refractivity contribution in [1.82, 2.24) is 0 Å². The molecule has 5 heteroatoms. The lowest BCUT2D eigenvalue weighted by atomic mass is 10.1. The molecule has 0 fully saturated rings. The monoisotopic (exact) mass is 333 g/mol. The average molecular weight is 333 g/mol. The molecule has 0 aliphatic carbocycles.